The Morgan fingerprint density at radius 1 is 1.14 bits per heavy atom. The van der Waals surface area contributed by atoms with E-state index in [-0.39, 0.29) is 5.91 Å². The molecule has 1 aromatic heterocycles. The van der Waals surface area contributed by atoms with Gasteiger partial charge in [-0.1, -0.05) is 53.3 Å². The van der Waals surface area contributed by atoms with Crippen molar-refractivity contribution < 1.29 is 4.79 Å². The van der Waals surface area contributed by atoms with Gasteiger partial charge in [-0.3, -0.25) is 4.79 Å². The van der Waals surface area contributed by atoms with Crippen LogP contribution in [0.2, 0.25) is 0 Å². The van der Waals surface area contributed by atoms with Gasteiger partial charge in [0.05, 0.1) is 16.6 Å². The number of fused-ring (bicyclic) bond motifs is 1. The number of rotatable bonds is 2. The third-order valence-electron chi connectivity index (χ3n) is 3.41. The van der Waals surface area contributed by atoms with E-state index in [0.29, 0.717) is 6.42 Å². The summed E-state index contributed by atoms with van der Waals surface area (Å²) in [6, 6.07) is 16.1. The number of carbonyl (C=O) groups excluding carboxylic acids is 1. The quantitative estimate of drug-likeness (QED) is 0.715. The van der Waals surface area contributed by atoms with Gasteiger partial charge in [0.25, 0.3) is 5.91 Å². The van der Waals surface area contributed by atoms with Crippen LogP contribution in [-0.4, -0.2) is 10.5 Å². The molecule has 0 unspecified atom stereocenters. The fourth-order valence-electron chi connectivity index (χ4n) is 2.21. The Hall–Kier alpha value is -2.20. The maximum atomic E-state index is 12.1. The Morgan fingerprint density at radius 2 is 1.86 bits per heavy atom. The van der Waals surface area contributed by atoms with Gasteiger partial charge in [-0.25, -0.2) is 0 Å². The zero-order chi connectivity index (χ0) is 14.8. The number of carbonyl (C=O) groups is 1. The predicted octanol–water partition coefficient (Wildman–Crippen LogP) is 3.22. The van der Waals surface area contributed by atoms with Crippen molar-refractivity contribution in [1.29, 1.82) is 0 Å². The summed E-state index contributed by atoms with van der Waals surface area (Å²) >= 11 is 1.54. The van der Waals surface area contributed by atoms with Gasteiger partial charge in [0.15, 0.2) is 4.80 Å². The number of thiazole rings is 1. The molecule has 1 heterocycles. The fraction of sp³-hybridized carbons (Fsp3) is 0.176. The van der Waals surface area contributed by atoms with Gasteiger partial charge in [-0.05, 0) is 24.6 Å². The number of aryl methyl sites for hydroxylation is 2. The zero-order valence-electron chi connectivity index (χ0n) is 12.0. The van der Waals surface area contributed by atoms with Crippen molar-refractivity contribution in [3.8, 4) is 0 Å². The van der Waals surface area contributed by atoms with Gasteiger partial charge in [-0.15, -0.1) is 0 Å². The first kappa shape index (κ1) is 13.8. The molecule has 0 aliphatic carbocycles. The number of para-hydroxylation sites is 1. The minimum absolute atomic E-state index is 0.110. The fourth-order valence-corrected chi connectivity index (χ4v) is 3.25. The monoisotopic (exact) mass is 296 g/mol. The second-order valence-electron chi connectivity index (χ2n) is 5.08. The van der Waals surface area contributed by atoms with Gasteiger partial charge in [0.1, 0.15) is 0 Å². The molecule has 1 amide bonds. The van der Waals surface area contributed by atoms with Crippen LogP contribution >= 0.6 is 11.3 Å². The summed E-state index contributed by atoms with van der Waals surface area (Å²) in [5.74, 6) is -0.110. The molecule has 0 aliphatic heterocycles. The van der Waals surface area contributed by atoms with Crippen LogP contribution in [0, 0.1) is 6.92 Å². The Morgan fingerprint density at radius 3 is 2.57 bits per heavy atom. The zero-order valence-corrected chi connectivity index (χ0v) is 12.9. The summed E-state index contributed by atoms with van der Waals surface area (Å²) in [5.41, 5.74) is 3.29. The summed E-state index contributed by atoms with van der Waals surface area (Å²) in [5, 5.41) is 0. The number of hydrogen-bond acceptors (Lipinski definition) is 2. The lowest BCUT2D eigenvalue weighted by Crippen LogP contribution is -2.14. The van der Waals surface area contributed by atoms with Crippen LogP contribution < -0.4 is 4.80 Å². The van der Waals surface area contributed by atoms with Crippen LogP contribution in [0.5, 0.6) is 0 Å². The molecular formula is C17H16N2OS. The number of hydrogen-bond donors (Lipinski definition) is 0. The van der Waals surface area contributed by atoms with E-state index in [2.05, 4.69) is 4.99 Å². The van der Waals surface area contributed by atoms with Crippen LogP contribution in [0.25, 0.3) is 10.2 Å². The molecule has 0 N–H and O–H groups in total. The van der Waals surface area contributed by atoms with E-state index in [1.165, 1.54) is 5.56 Å². The van der Waals surface area contributed by atoms with E-state index in [0.717, 1.165) is 20.6 Å². The van der Waals surface area contributed by atoms with Crippen molar-refractivity contribution in [3.63, 3.8) is 0 Å². The lowest BCUT2D eigenvalue weighted by molar-refractivity contribution is -0.117. The lowest BCUT2D eigenvalue weighted by atomic mass is 10.1. The van der Waals surface area contributed by atoms with E-state index >= 15 is 0 Å². The summed E-state index contributed by atoms with van der Waals surface area (Å²) in [7, 11) is 1.94. The Balaban J connectivity index is 1.90. The molecule has 0 saturated heterocycles. The van der Waals surface area contributed by atoms with Crippen LogP contribution in [0.1, 0.15) is 11.1 Å². The molecule has 0 atom stereocenters. The van der Waals surface area contributed by atoms with E-state index in [4.69, 9.17) is 0 Å². The average Bonchev–Trinajstić information content (AvgIpc) is 2.78. The highest BCUT2D eigenvalue weighted by molar-refractivity contribution is 7.16. The first-order valence-electron chi connectivity index (χ1n) is 6.81. The van der Waals surface area contributed by atoms with Gasteiger partial charge in [0.2, 0.25) is 0 Å². The van der Waals surface area contributed by atoms with Gasteiger partial charge < -0.3 is 4.57 Å². The van der Waals surface area contributed by atoms with E-state index in [1.54, 1.807) is 11.3 Å². The second-order valence-corrected chi connectivity index (χ2v) is 6.09. The van der Waals surface area contributed by atoms with Crippen molar-refractivity contribution in [2.75, 3.05) is 0 Å². The molecule has 0 saturated carbocycles. The lowest BCUT2D eigenvalue weighted by Gasteiger charge is -1.98. The van der Waals surface area contributed by atoms with Crippen LogP contribution in [0.15, 0.2) is 53.5 Å². The van der Waals surface area contributed by atoms with Gasteiger partial charge >= 0.3 is 0 Å². The minimum Gasteiger partial charge on any atom is -0.319 e. The molecule has 0 spiro atoms. The molecule has 3 nitrogen and oxygen atoms in total. The minimum atomic E-state index is -0.110. The molecule has 3 rings (SSSR count). The number of nitrogens with zero attached hydrogens (tertiary/aromatic N) is 2. The number of benzene rings is 2. The topological polar surface area (TPSA) is 34.4 Å². The van der Waals surface area contributed by atoms with Gasteiger partial charge in [0, 0.05) is 7.05 Å². The summed E-state index contributed by atoms with van der Waals surface area (Å²) in [4.78, 5) is 17.1. The largest absolute Gasteiger partial charge is 0.319 e. The Labute approximate surface area is 127 Å². The van der Waals surface area contributed by atoms with Crippen LogP contribution in [0.3, 0.4) is 0 Å². The molecule has 0 bridgehead atoms. The van der Waals surface area contributed by atoms with E-state index < -0.39 is 0 Å². The molecule has 3 aromatic rings. The highest BCUT2D eigenvalue weighted by atomic mass is 32.1. The first-order chi connectivity index (χ1) is 10.1. The van der Waals surface area contributed by atoms with Crippen molar-refractivity contribution in [2.45, 2.75) is 13.3 Å². The molecule has 106 valence electrons. The molecule has 0 radical (unpaired) electrons. The van der Waals surface area contributed by atoms with E-state index in [1.807, 2.05) is 67.1 Å². The molecule has 0 fully saturated rings. The third-order valence-corrected chi connectivity index (χ3v) is 4.52. The molecule has 0 aliphatic rings. The predicted molar refractivity (Wildman–Crippen MR) is 86.2 cm³/mol. The first-order valence-corrected chi connectivity index (χ1v) is 7.63. The van der Waals surface area contributed by atoms with Crippen LogP contribution in [0.4, 0.5) is 0 Å². The Kier molecular flexibility index (Phi) is 3.71. The summed E-state index contributed by atoms with van der Waals surface area (Å²) < 4.78 is 3.11. The molecular weight excluding hydrogens is 280 g/mol. The van der Waals surface area contributed by atoms with Crippen molar-refractivity contribution in [3.05, 3.63) is 64.5 Å². The molecule has 4 heteroatoms. The Bertz CT molecular complexity index is 856. The second kappa shape index (κ2) is 5.66. The summed E-state index contributed by atoms with van der Waals surface area (Å²) in [6.45, 7) is 2.03. The number of amides is 1. The third kappa shape index (κ3) is 2.95. The van der Waals surface area contributed by atoms with E-state index in [9.17, 15) is 4.79 Å². The van der Waals surface area contributed by atoms with Crippen molar-refractivity contribution >= 4 is 27.5 Å². The average molecular weight is 296 g/mol. The SMILES string of the molecule is Cc1ccc(CC(=O)N=c2sc3ccccc3n2C)cc1. The van der Waals surface area contributed by atoms with Crippen molar-refractivity contribution in [1.82, 2.24) is 4.57 Å². The smallest absolute Gasteiger partial charge is 0.252 e. The summed E-state index contributed by atoms with van der Waals surface area (Å²) in [6.07, 6.45) is 0.342. The van der Waals surface area contributed by atoms with Gasteiger partial charge in [-0.2, -0.15) is 4.99 Å². The molecule has 21 heavy (non-hydrogen) atoms. The maximum absolute atomic E-state index is 12.1. The van der Waals surface area contributed by atoms with Crippen LogP contribution in [-0.2, 0) is 18.3 Å². The highest BCUT2D eigenvalue weighted by Gasteiger charge is 2.05. The molecule has 2 aromatic carbocycles. The standard InChI is InChI=1S/C17H16N2OS/c1-12-7-9-13(10-8-12)11-16(20)18-17-19(2)14-5-3-4-6-15(14)21-17/h3-10H,11H2,1-2H3. The highest BCUT2D eigenvalue weighted by Crippen LogP contribution is 2.15. The number of aromatic nitrogens is 1. The van der Waals surface area contributed by atoms with Crippen molar-refractivity contribution in [2.24, 2.45) is 12.0 Å². The normalized spacial score (nSPS) is 12.0. The maximum Gasteiger partial charge on any atom is 0.252 e.